The van der Waals surface area contributed by atoms with E-state index < -0.39 is 23.1 Å². The van der Waals surface area contributed by atoms with Gasteiger partial charge < -0.3 is 14.5 Å². The van der Waals surface area contributed by atoms with Crippen molar-refractivity contribution in [1.82, 2.24) is 9.55 Å². The minimum absolute atomic E-state index is 0.0958. The second kappa shape index (κ2) is 10.3. The van der Waals surface area contributed by atoms with E-state index in [0.717, 1.165) is 11.6 Å². The number of fused-ring (bicyclic) bond motifs is 1. The smallest absolute Gasteiger partial charge is 0.267 e. The molecule has 0 spiro atoms. The Morgan fingerprint density at radius 2 is 1.68 bits per heavy atom. The number of aromatic nitrogens is 2. The van der Waals surface area contributed by atoms with Crippen molar-refractivity contribution in [2.75, 3.05) is 5.32 Å². The second-order valence-corrected chi connectivity index (χ2v) is 8.77. The number of nitrogens with one attached hydrogen (secondary N) is 1. The third-order valence-corrected chi connectivity index (χ3v) is 6.14. The molecular formula is C31H19F2N3O4. The number of ether oxygens (including phenoxy) is 1. The standard InChI is InChI=1S/C31H19F2N3O4/c32-20-8-11-22(12-9-20)36-16-4-7-23(31(36)38)30(37)35-21-10-13-26(24(33)17-21)39-27-14-15-34-25-18-28(40-29(25)27)19-5-2-1-3-6-19/h1-18H,(H,35,37). The Morgan fingerprint density at radius 1 is 0.875 bits per heavy atom. The second-order valence-electron chi connectivity index (χ2n) is 8.77. The summed E-state index contributed by atoms with van der Waals surface area (Å²) in [5.41, 5.74) is 1.51. The van der Waals surface area contributed by atoms with Gasteiger partial charge >= 0.3 is 0 Å². The van der Waals surface area contributed by atoms with Crippen LogP contribution in [-0.4, -0.2) is 15.5 Å². The van der Waals surface area contributed by atoms with Crippen molar-refractivity contribution in [2.45, 2.75) is 0 Å². The van der Waals surface area contributed by atoms with E-state index in [0.29, 0.717) is 22.5 Å². The number of hydrogen-bond donors (Lipinski definition) is 1. The summed E-state index contributed by atoms with van der Waals surface area (Å²) in [5, 5.41) is 2.53. The maximum absolute atomic E-state index is 15.0. The molecule has 0 bridgehead atoms. The van der Waals surface area contributed by atoms with Crippen LogP contribution in [0.25, 0.3) is 28.1 Å². The van der Waals surface area contributed by atoms with Crippen molar-refractivity contribution in [1.29, 1.82) is 0 Å². The maximum Gasteiger partial charge on any atom is 0.267 e. The molecule has 1 amide bonds. The molecule has 0 atom stereocenters. The third kappa shape index (κ3) is 4.83. The molecule has 0 fully saturated rings. The molecule has 0 unspecified atom stereocenters. The van der Waals surface area contributed by atoms with Crippen molar-refractivity contribution < 1.29 is 22.7 Å². The fourth-order valence-corrected chi connectivity index (χ4v) is 4.19. The van der Waals surface area contributed by atoms with E-state index in [2.05, 4.69) is 10.3 Å². The summed E-state index contributed by atoms with van der Waals surface area (Å²) in [4.78, 5) is 30.1. The molecule has 6 aromatic rings. The molecule has 0 aliphatic carbocycles. The number of rotatable bonds is 6. The van der Waals surface area contributed by atoms with E-state index in [9.17, 15) is 14.0 Å². The van der Waals surface area contributed by atoms with E-state index in [1.54, 1.807) is 12.1 Å². The normalized spacial score (nSPS) is 10.9. The summed E-state index contributed by atoms with van der Waals surface area (Å²) in [6.07, 6.45) is 3.00. The van der Waals surface area contributed by atoms with E-state index in [1.165, 1.54) is 65.5 Å². The lowest BCUT2D eigenvalue weighted by atomic mass is 10.2. The van der Waals surface area contributed by atoms with Gasteiger partial charge in [0.2, 0.25) is 0 Å². The summed E-state index contributed by atoms with van der Waals surface area (Å²) in [7, 11) is 0. The highest BCUT2D eigenvalue weighted by Crippen LogP contribution is 2.35. The van der Waals surface area contributed by atoms with Crippen LogP contribution in [0.4, 0.5) is 14.5 Å². The summed E-state index contributed by atoms with van der Waals surface area (Å²) in [6.45, 7) is 0. The largest absolute Gasteiger partial charge is 0.450 e. The molecule has 1 N–H and O–H groups in total. The van der Waals surface area contributed by atoms with E-state index in [1.807, 2.05) is 30.3 Å². The molecule has 7 nitrogen and oxygen atoms in total. The van der Waals surface area contributed by atoms with Crippen LogP contribution in [0.5, 0.6) is 11.5 Å². The molecule has 3 aromatic heterocycles. The third-order valence-electron chi connectivity index (χ3n) is 6.14. The number of furan rings is 1. The lowest BCUT2D eigenvalue weighted by Gasteiger charge is -2.11. The molecule has 0 radical (unpaired) electrons. The zero-order valence-corrected chi connectivity index (χ0v) is 20.7. The summed E-state index contributed by atoms with van der Waals surface area (Å²) in [5.74, 6) is -1.15. The van der Waals surface area contributed by atoms with E-state index in [-0.39, 0.29) is 22.7 Å². The molecule has 3 heterocycles. The highest BCUT2D eigenvalue weighted by Gasteiger charge is 2.17. The van der Waals surface area contributed by atoms with Gasteiger partial charge in [-0.3, -0.25) is 19.1 Å². The van der Waals surface area contributed by atoms with Crippen LogP contribution in [0.2, 0.25) is 0 Å². The van der Waals surface area contributed by atoms with Gasteiger partial charge in [0.15, 0.2) is 22.9 Å². The minimum Gasteiger partial charge on any atom is -0.450 e. The first-order valence-electron chi connectivity index (χ1n) is 12.2. The van der Waals surface area contributed by atoms with Crippen LogP contribution < -0.4 is 15.6 Å². The highest BCUT2D eigenvalue weighted by atomic mass is 19.1. The van der Waals surface area contributed by atoms with Gasteiger partial charge in [0.1, 0.15) is 22.7 Å². The average molecular weight is 536 g/mol. The maximum atomic E-state index is 15.0. The van der Waals surface area contributed by atoms with Gasteiger partial charge in [0.05, 0.1) is 0 Å². The lowest BCUT2D eigenvalue weighted by molar-refractivity contribution is 0.102. The molecule has 40 heavy (non-hydrogen) atoms. The van der Waals surface area contributed by atoms with Gasteiger partial charge in [-0.15, -0.1) is 0 Å². The van der Waals surface area contributed by atoms with Gasteiger partial charge in [-0.1, -0.05) is 30.3 Å². The molecule has 6 rings (SSSR count). The van der Waals surface area contributed by atoms with E-state index >= 15 is 4.39 Å². The number of carbonyl (C=O) groups is 1. The average Bonchev–Trinajstić information content (AvgIpc) is 3.41. The number of carbonyl (C=O) groups excluding carboxylic acids is 1. The molecule has 9 heteroatoms. The summed E-state index contributed by atoms with van der Waals surface area (Å²) in [6, 6.07) is 24.9. The van der Waals surface area contributed by atoms with Crippen molar-refractivity contribution in [2.24, 2.45) is 0 Å². The van der Waals surface area contributed by atoms with Crippen molar-refractivity contribution in [3.05, 3.63) is 137 Å². The Labute approximate surface area is 225 Å². The number of halogens is 2. The molecule has 0 aliphatic heterocycles. The van der Waals surface area contributed by atoms with Gasteiger partial charge in [0, 0.05) is 47.5 Å². The lowest BCUT2D eigenvalue weighted by Crippen LogP contribution is -2.27. The van der Waals surface area contributed by atoms with Crippen LogP contribution in [-0.2, 0) is 0 Å². The van der Waals surface area contributed by atoms with Crippen LogP contribution in [0.15, 0.2) is 119 Å². The number of anilines is 1. The monoisotopic (exact) mass is 535 g/mol. The number of hydrogen-bond acceptors (Lipinski definition) is 5. The van der Waals surface area contributed by atoms with Crippen LogP contribution in [0.1, 0.15) is 10.4 Å². The molecule has 196 valence electrons. The number of amides is 1. The first-order valence-corrected chi connectivity index (χ1v) is 12.2. The predicted octanol–water partition coefficient (Wildman–Crippen LogP) is 6.97. The fraction of sp³-hybridized carbons (Fsp3) is 0. The molecule has 3 aromatic carbocycles. The zero-order valence-electron chi connectivity index (χ0n) is 20.7. The zero-order chi connectivity index (χ0) is 27.6. The Bertz CT molecular complexity index is 1920. The quantitative estimate of drug-likeness (QED) is 0.249. The Kier molecular flexibility index (Phi) is 6.37. The molecule has 0 saturated heterocycles. The fourth-order valence-electron chi connectivity index (χ4n) is 4.19. The van der Waals surface area contributed by atoms with Gasteiger partial charge in [-0.25, -0.2) is 8.78 Å². The van der Waals surface area contributed by atoms with Crippen LogP contribution in [0, 0.1) is 11.6 Å². The summed E-state index contributed by atoms with van der Waals surface area (Å²) >= 11 is 0. The molecule has 0 saturated carbocycles. The van der Waals surface area contributed by atoms with Crippen molar-refractivity contribution >= 4 is 22.7 Å². The van der Waals surface area contributed by atoms with Crippen LogP contribution in [0.3, 0.4) is 0 Å². The Balaban J connectivity index is 1.22. The van der Waals surface area contributed by atoms with Crippen molar-refractivity contribution in [3.8, 4) is 28.5 Å². The summed E-state index contributed by atoms with van der Waals surface area (Å²) < 4.78 is 41.3. The minimum atomic E-state index is -0.741. The SMILES string of the molecule is O=C(Nc1ccc(Oc2ccnc3cc(-c4ccccc4)oc23)c(F)c1)c1cccn(-c2ccc(F)cc2)c1=O. The molecular weight excluding hydrogens is 516 g/mol. The Hall–Kier alpha value is -5.57. The predicted molar refractivity (Wildman–Crippen MR) is 146 cm³/mol. The number of nitrogens with zero attached hydrogens (tertiary/aromatic N) is 2. The van der Waals surface area contributed by atoms with Crippen molar-refractivity contribution in [3.63, 3.8) is 0 Å². The van der Waals surface area contributed by atoms with E-state index in [4.69, 9.17) is 9.15 Å². The van der Waals surface area contributed by atoms with Gasteiger partial charge in [0.25, 0.3) is 11.5 Å². The Morgan fingerprint density at radius 3 is 2.45 bits per heavy atom. The first kappa shape index (κ1) is 24.7. The van der Waals surface area contributed by atoms with Crippen LogP contribution >= 0.6 is 0 Å². The number of benzene rings is 3. The molecule has 0 aliphatic rings. The topological polar surface area (TPSA) is 86.4 Å². The number of pyridine rings is 2. The van der Waals surface area contributed by atoms with Gasteiger partial charge in [-0.2, -0.15) is 0 Å². The highest BCUT2D eigenvalue weighted by molar-refractivity contribution is 6.04. The van der Waals surface area contributed by atoms with Gasteiger partial charge in [-0.05, 0) is 48.5 Å². The first-order chi connectivity index (χ1) is 19.5.